The molecular formula is C49H94O6. The summed E-state index contributed by atoms with van der Waals surface area (Å²) >= 11 is 0. The highest BCUT2D eigenvalue weighted by Crippen LogP contribution is 2.17. The van der Waals surface area contributed by atoms with E-state index < -0.39 is 6.10 Å². The Balaban J connectivity index is 4.11. The first-order valence-electron chi connectivity index (χ1n) is 24.4. The molecule has 0 bridgehead atoms. The molecule has 0 aromatic rings. The van der Waals surface area contributed by atoms with Crippen LogP contribution in [-0.4, -0.2) is 37.2 Å². The van der Waals surface area contributed by atoms with Gasteiger partial charge in [-0.15, -0.1) is 0 Å². The molecule has 1 atom stereocenters. The van der Waals surface area contributed by atoms with Gasteiger partial charge in [0.05, 0.1) is 0 Å². The normalized spacial score (nSPS) is 11.9. The molecule has 0 spiro atoms. The fraction of sp³-hybridized carbons (Fsp3) is 0.939. The molecule has 0 heterocycles. The van der Waals surface area contributed by atoms with Gasteiger partial charge in [-0.05, 0) is 25.2 Å². The van der Waals surface area contributed by atoms with Gasteiger partial charge in [0.15, 0.2) is 6.10 Å². The van der Waals surface area contributed by atoms with Gasteiger partial charge < -0.3 is 14.2 Å². The lowest BCUT2D eigenvalue weighted by Crippen LogP contribution is -2.30. The molecule has 0 aliphatic rings. The van der Waals surface area contributed by atoms with E-state index in [1.807, 2.05) is 0 Å². The smallest absolute Gasteiger partial charge is 0.306 e. The topological polar surface area (TPSA) is 78.9 Å². The van der Waals surface area contributed by atoms with Gasteiger partial charge in [0, 0.05) is 19.3 Å². The molecule has 0 rings (SSSR count). The Kier molecular flexibility index (Phi) is 42.3. The average molecular weight is 779 g/mol. The third kappa shape index (κ3) is 43.4. The first-order valence-corrected chi connectivity index (χ1v) is 24.4. The van der Waals surface area contributed by atoms with Crippen LogP contribution in [0.1, 0.15) is 272 Å². The molecule has 326 valence electrons. The molecule has 0 aromatic heterocycles. The van der Waals surface area contributed by atoms with Crippen molar-refractivity contribution in [3.8, 4) is 0 Å². The van der Waals surface area contributed by atoms with E-state index in [1.165, 1.54) is 167 Å². The van der Waals surface area contributed by atoms with Crippen molar-refractivity contribution in [3.63, 3.8) is 0 Å². The predicted octanol–water partition coefficient (Wildman–Crippen LogP) is 15.5. The van der Waals surface area contributed by atoms with Crippen molar-refractivity contribution in [1.29, 1.82) is 0 Å². The number of hydrogen-bond acceptors (Lipinski definition) is 6. The summed E-state index contributed by atoms with van der Waals surface area (Å²) in [5, 5.41) is 0. The molecule has 6 nitrogen and oxygen atoms in total. The Morgan fingerprint density at radius 2 is 0.600 bits per heavy atom. The number of ether oxygens (including phenoxy) is 3. The zero-order valence-corrected chi connectivity index (χ0v) is 37.4. The van der Waals surface area contributed by atoms with Crippen LogP contribution in [0.4, 0.5) is 0 Å². The quantitative estimate of drug-likeness (QED) is 0.0348. The fourth-order valence-electron chi connectivity index (χ4n) is 7.33. The van der Waals surface area contributed by atoms with Crippen LogP contribution in [0.15, 0.2) is 0 Å². The van der Waals surface area contributed by atoms with Crippen LogP contribution >= 0.6 is 0 Å². The van der Waals surface area contributed by atoms with E-state index in [0.717, 1.165) is 63.7 Å². The number of esters is 3. The number of carbonyl (C=O) groups is 3. The largest absolute Gasteiger partial charge is 0.462 e. The number of carbonyl (C=O) groups excluding carboxylic acids is 3. The summed E-state index contributed by atoms with van der Waals surface area (Å²) in [6.07, 6.45) is 44.0. The SMILES string of the molecule is CCCCCCCCCCCC(=O)OC[C@@H](COC(=O)CCCCCCCCC)OC(=O)CCCCCCCCCCCCCCCCCCCCC(C)C. The highest BCUT2D eigenvalue weighted by atomic mass is 16.6. The Morgan fingerprint density at radius 1 is 0.345 bits per heavy atom. The standard InChI is InChI=1S/C49H94O6/c1-5-7-9-11-13-24-29-33-37-41-48(51)54-44-46(43-53-47(50)40-36-32-27-12-10-8-6-2)55-49(52)42-38-34-30-26-23-21-19-17-15-14-16-18-20-22-25-28-31-35-39-45(3)4/h45-46H,5-44H2,1-4H3/t46-/m1/s1. The first kappa shape index (κ1) is 53.4. The zero-order valence-electron chi connectivity index (χ0n) is 37.4. The summed E-state index contributed by atoms with van der Waals surface area (Å²) in [6, 6.07) is 0. The first-order chi connectivity index (χ1) is 26.9. The highest BCUT2D eigenvalue weighted by molar-refractivity contribution is 5.71. The van der Waals surface area contributed by atoms with Gasteiger partial charge in [0.25, 0.3) is 0 Å². The Labute approximate surface area is 342 Å². The lowest BCUT2D eigenvalue weighted by atomic mass is 10.0. The van der Waals surface area contributed by atoms with Gasteiger partial charge in [-0.2, -0.15) is 0 Å². The molecule has 0 aliphatic carbocycles. The van der Waals surface area contributed by atoms with Gasteiger partial charge in [0.2, 0.25) is 0 Å². The molecule has 0 unspecified atom stereocenters. The fourth-order valence-corrected chi connectivity index (χ4v) is 7.33. The summed E-state index contributed by atoms with van der Waals surface area (Å²) in [6.45, 7) is 8.97. The molecule has 0 amide bonds. The lowest BCUT2D eigenvalue weighted by Gasteiger charge is -2.18. The second kappa shape index (κ2) is 43.5. The maximum absolute atomic E-state index is 12.7. The minimum absolute atomic E-state index is 0.0640. The molecule has 0 N–H and O–H groups in total. The summed E-state index contributed by atoms with van der Waals surface area (Å²) in [7, 11) is 0. The minimum atomic E-state index is -0.758. The van der Waals surface area contributed by atoms with E-state index in [-0.39, 0.29) is 31.1 Å². The van der Waals surface area contributed by atoms with Crippen molar-refractivity contribution >= 4 is 17.9 Å². The average Bonchev–Trinajstić information content (AvgIpc) is 3.17. The lowest BCUT2D eigenvalue weighted by molar-refractivity contribution is -0.167. The zero-order chi connectivity index (χ0) is 40.3. The van der Waals surface area contributed by atoms with Crippen molar-refractivity contribution < 1.29 is 28.6 Å². The van der Waals surface area contributed by atoms with Crippen LogP contribution in [0, 0.1) is 5.92 Å². The van der Waals surface area contributed by atoms with Crippen LogP contribution in [0.5, 0.6) is 0 Å². The van der Waals surface area contributed by atoms with Crippen LogP contribution in [0.25, 0.3) is 0 Å². The maximum Gasteiger partial charge on any atom is 0.306 e. The van der Waals surface area contributed by atoms with E-state index in [0.29, 0.717) is 19.3 Å². The summed E-state index contributed by atoms with van der Waals surface area (Å²) in [4.78, 5) is 37.6. The molecule has 0 radical (unpaired) electrons. The predicted molar refractivity (Wildman–Crippen MR) is 233 cm³/mol. The van der Waals surface area contributed by atoms with Crippen LogP contribution in [-0.2, 0) is 28.6 Å². The maximum atomic E-state index is 12.7. The number of rotatable bonds is 44. The molecule has 0 aliphatic heterocycles. The Morgan fingerprint density at radius 3 is 0.891 bits per heavy atom. The Hall–Kier alpha value is -1.59. The van der Waals surface area contributed by atoms with Crippen LogP contribution < -0.4 is 0 Å². The van der Waals surface area contributed by atoms with Gasteiger partial charge in [-0.25, -0.2) is 0 Å². The van der Waals surface area contributed by atoms with Crippen molar-refractivity contribution in [2.75, 3.05) is 13.2 Å². The number of hydrogen-bond donors (Lipinski definition) is 0. The summed E-state index contributed by atoms with van der Waals surface area (Å²) in [5.41, 5.74) is 0. The van der Waals surface area contributed by atoms with Crippen molar-refractivity contribution in [2.24, 2.45) is 5.92 Å². The molecule has 0 saturated heterocycles. The van der Waals surface area contributed by atoms with Gasteiger partial charge in [-0.3, -0.25) is 14.4 Å². The van der Waals surface area contributed by atoms with E-state index in [9.17, 15) is 14.4 Å². The van der Waals surface area contributed by atoms with E-state index in [2.05, 4.69) is 27.7 Å². The summed E-state index contributed by atoms with van der Waals surface area (Å²) in [5.74, 6) is -0.000784. The van der Waals surface area contributed by atoms with Crippen LogP contribution in [0.2, 0.25) is 0 Å². The van der Waals surface area contributed by atoms with Gasteiger partial charge in [0.1, 0.15) is 13.2 Å². The third-order valence-electron chi connectivity index (χ3n) is 11.0. The van der Waals surface area contributed by atoms with E-state index in [1.54, 1.807) is 0 Å². The highest BCUT2D eigenvalue weighted by Gasteiger charge is 2.19. The molecule has 0 fully saturated rings. The molecule has 6 heteroatoms. The second-order valence-electron chi connectivity index (χ2n) is 17.2. The molecule has 0 aromatic carbocycles. The molecule has 55 heavy (non-hydrogen) atoms. The third-order valence-corrected chi connectivity index (χ3v) is 11.0. The van der Waals surface area contributed by atoms with Gasteiger partial charge in [-0.1, -0.05) is 233 Å². The Bertz CT molecular complexity index is 826. The van der Waals surface area contributed by atoms with E-state index >= 15 is 0 Å². The molecular weight excluding hydrogens is 685 g/mol. The van der Waals surface area contributed by atoms with E-state index in [4.69, 9.17) is 14.2 Å². The van der Waals surface area contributed by atoms with Gasteiger partial charge >= 0.3 is 17.9 Å². The van der Waals surface area contributed by atoms with Crippen molar-refractivity contribution in [3.05, 3.63) is 0 Å². The molecule has 0 saturated carbocycles. The van der Waals surface area contributed by atoms with Crippen molar-refractivity contribution in [2.45, 2.75) is 278 Å². The monoisotopic (exact) mass is 779 g/mol. The minimum Gasteiger partial charge on any atom is -0.462 e. The number of unbranched alkanes of at least 4 members (excludes halogenated alkanes) is 31. The van der Waals surface area contributed by atoms with Crippen molar-refractivity contribution in [1.82, 2.24) is 0 Å². The second-order valence-corrected chi connectivity index (χ2v) is 17.2. The summed E-state index contributed by atoms with van der Waals surface area (Å²) < 4.78 is 16.7. The van der Waals surface area contributed by atoms with Crippen LogP contribution in [0.3, 0.4) is 0 Å².